The Morgan fingerprint density at radius 3 is 2.48 bits per heavy atom. The van der Waals surface area contributed by atoms with E-state index in [1.807, 2.05) is 6.07 Å². The van der Waals surface area contributed by atoms with E-state index < -0.39 is 0 Å². The Labute approximate surface area is 130 Å². The number of fused-ring (bicyclic) bond motifs is 5. The molecule has 3 saturated heterocycles. The standard InChI is InChI=1S/C15H19N3O2.ClH/c1-20-14-5-2-9(6-17-14)15(19)18-12-3-4-13(18)11-8-16-7-10(11)12;/h2,5-6,10-13,16H,3-4,7-8H2,1H3;1H/t10-,11+,12-,13+;. The van der Waals surface area contributed by atoms with Crippen LogP contribution in [0.5, 0.6) is 5.88 Å². The van der Waals surface area contributed by atoms with Crippen LogP contribution in [-0.4, -0.2) is 48.1 Å². The molecule has 0 spiro atoms. The van der Waals surface area contributed by atoms with Gasteiger partial charge in [0.25, 0.3) is 5.91 Å². The number of carbonyl (C=O) groups excluding carboxylic acids is 1. The van der Waals surface area contributed by atoms with Crippen LogP contribution in [0.3, 0.4) is 0 Å². The molecule has 114 valence electrons. The second-order valence-corrected chi connectivity index (χ2v) is 6.00. The number of hydrogen-bond acceptors (Lipinski definition) is 4. The number of nitrogens with one attached hydrogen (secondary N) is 1. The maximum Gasteiger partial charge on any atom is 0.255 e. The first-order valence-corrected chi connectivity index (χ1v) is 7.33. The number of pyridine rings is 1. The Kier molecular flexibility index (Phi) is 3.80. The van der Waals surface area contributed by atoms with Gasteiger partial charge >= 0.3 is 0 Å². The maximum atomic E-state index is 12.8. The van der Waals surface area contributed by atoms with E-state index in [4.69, 9.17) is 4.74 Å². The number of ether oxygens (including phenoxy) is 1. The Balaban J connectivity index is 0.00000132. The quantitative estimate of drug-likeness (QED) is 0.895. The van der Waals surface area contributed by atoms with E-state index in [2.05, 4.69) is 15.2 Å². The molecule has 3 aliphatic heterocycles. The van der Waals surface area contributed by atoms with Gasteiger partial charge < -0.3 is 15.0 Å². The number of methoxy groups -OCH3 is 1. The average Bonchev–Trinajstić information content (AvgIpc) is 3.18. The molecule has 3 fully saturated rings. The summed E-state index contributed by atoms with van der Waals surface area (Å²) in [7, 11) is 1.58. The van der Waals surface area contributed by atoms with Gasteiger partial charge in [0.15, 0.2) is 0 Å². The van der Waals surface area contributed by atoms with Crippen molar-refractivity contribution in [2.24, 2.45) is 11.8 Å². The normalized spacial score (nSPS) is 32.7. The summed E-state index contributed by atoms with van der Waals surface area (Å²) in [6.45, 7) is 2.13. The van der Waals surface area contributed by atoms with Crippen LogP contribution >= 0.6 is 12.4 Å². The summed E-state index contributed by atoms with van der Waals surface area (Å²) in [6, 6.07) is 4.43. The Hall–Kier alpha value is -1.33. The van der Waals surface area contributed by atoms with Crippen molar-refractivity contribution in [1.82, 2.24) is 15.2 Å². The molecule has 4 heterocycles. The number of amides is 1. The zero-order chi connectivity index (χ0) is 13.7. The van der Waals surface area contributed by atoms with Gasteiger partial charge in [-0.25, -0.2) is 4.98 Å². The second-order valence-electron chi connectivity index (χ2n) is 6.00. The van der Waals surface area contributed by atoms with Gasteiger partial charge in [0.2, 0.25) is 5.88 Å². The van der Waals surface area contributed by atoms with Crippen molar-refractivity contribution in [2.75, 3.05) is 20.2 Å². The van der Waals surface area contributed by atoms with Crippen LogP contribution in [0.1, 0.15) is 23.2 Å². The van der Waals surface area contributed by atoms with Crippen LogP contribution in [0.15, 0.2) is 18.3 Å². The zero-order valence-corrected chi connectivity index (χ0v) is 12.8. The first kappa shape index (κ1) is 14.6. The zero-order valence-electron chi connectivity index (χ0n) is 12.0. The molecule has 6 heteroatoms. The third-order valence-corrected chi connectivity index (χ3v) is 5.20. The van der Waals surface area contributed by atoms with Gasteiger partial charge in [-0.05, 0) is 30.7 Å². The maximum absolute atomic E-state index is 12.8. The lowest BCUT2D eigenvalue weighted by molar-refractivity contribution is 0.0709. The van der Waals surface area contributed by atoms with Crippen LogP contribution in [-0.2, 0) is 0 Å². The van der Waals surface area contributed by atoms with Crippen LogP contribution in [0.4, 0.5) is 0 Å². The molecule has 3 aliphatic rings. The molecule has 0 aliphatic carbocycles. The summed E-state index contributed by atoms with van der Waals surface area (Å²) in [5.41, 5.74) is 0.677. The van der Waals surface area contributed by atoms with Crippen molar-refractivity contribution in [1.29, 1.82) is 0 Å². The molecule has 5 nitrogen and oxygen atoms in total. The fourth-order valence-corrected chi connectivity index (χ4v) is 4.35. The van der Waals surface area contributed by atoms with E-state index in [0.717, 1.165) is 25.9 Å². The van der Waals surface area contributed by atoms with Crippen molar-refractivity contribution >= 4 is 18.3 Å². The lowest BCUT2D eigenvalue weighted by atomic mass is 9.82. The van der Waals surface area contributed by atoms with E-state index in [1.54, 1.807) is 19.4 Å². The number of hydrogen-bond donors (Lipinski definition) is 1. The van der Waals surface area contributed by atoms with Crippen molar-refractivity contribution in [2.45, 2.75) is 24.9 Å². The highest BCUT2D eigenvalue weighted by Gasteiger charge is 2.56. The molecule has 0 saturated carbocycles. The molecule has 21 heavy (non-hydrogen) atoms. The molecule has 4 atom stereocenters. The number of aromatic nitrogens is 1. The summed E-state index contributed by atoms with van der Waals surface area (Å²) in [5.74, 6) is 2.00. The monoisotopic (exact) mass is 309 g/mol. The fourth-order valence-electron chi connectivity index (χ4n) is 4.35. The lowest BCUT2D eigenvalue weighted by Crippen LogP contribution is -2.39. The minimum absolute atomic E-state index is 0. The predicted octanol–water partition coefficient (Wildman–Crippen LogP) is 1.33. The predicted molar refractivity (Wildman–Crippen MR) is 80.9 cm³/mol. The van der Waals surface area contributed by atoms with Gasteiger partial charge in [-0.3, -0.25) is 4.79 Å². The molecule has 1 N–H and O–H groups in total. The van der Waals surface area contributed by atoms with Gasteiger partial charge in [0, 0.05) is 37.4 Å². The van der Waals surface area contributed by atoms with Crippen molar-refractivity contribution in [3.05, 3.63) is 23.9 Å². The molecule has 4 rings (SSSR count). The van der Waals surface area contributed by atoms with Crippen molar-refractivity contribution in [3.63, 3.8) is 0 Å². The lowest BCUT2D eigenvalue weighted by Gasteiger charge is -2.24. The third-order valence-electron chi connectivity index (χ3n) is 5.20. The van der Waals surface area contributed by atoms with E-state index in [-0.39, 0.29) is 18.3 Å². The van der Waals surface area contributed by atoms with E-state index in [0.29, 0.717) is 35.4 Å². The van der Waals surface area contributed by atoms with Gasteiger partial charge in [-0.1, -0.05) is 0 Å². The van der Waals surface area contributed by atoms with E-state index in [1.165, 1.54) is 0 Å². The highest BCUT2D eigenvalue weighted by Crippen LogP contribution is 2.47. The highest BCUT2D eigenvalue weighted by atomic mass is 35.5. The molecule has 0 radical (unpaired) electrons. The van der Waals surface area contributed by atoms with Gasteiger partial charge in [-0.2, -0.15) is 0 Å². The van der Waals surface area contributed by atoms with Crippen molar-refractivity contribution in [3.8, 4) is 5.88 Å². The topological polar surface area (TPSA) is 54.5 Å². The summed E-state index contributed by atoms with van der Waals surface area (Å²) in [6.07, 6.45) is 3.94. The molecular weight excluding hydrogens is 290 g/mol. The molecule has 1 amide bonds. The summed E-state index contributed by atoms with van der Waals surface area (Å²) in [5, 5.41) is 3.47. The minimum atomic E-state index is 0. The first-order chi connectivity index (χ1) is 9.79. The van der Waals surface area contributed by atoms with Crippen LogP contribution in [0.25, 0.3) is 0 Å². The van der Waals surface area contributed by atoms with Gasteiger partial charge in [-0.15, -0.1) is 12.4 Å². The van der Waals surface area contributed by atoms with Gasteiger partial charge in [0.05, 0.1) is 12.7 Å². The van der Waals surface area contributed by atoms with Gasteiger partial charge in [0.1, 0.15) is 0 Å². The SMILES string of the molecule is COc1ccc(C(=O)N2[C@@H]3CC[C@H]2[C@H]2CNC[C@H]23)cn1.Cl. The van der Waals surface area contributed by atoms with E-state index in [9.17, 15) is 4.79 Å². The molecule has 1 aromatic heterocycles. The Morgan fingerprint density at radius 1 is 1.29 bits per heavy atom. The smallest absolute Gasteiger partial charge is 0.255 e. The second kappa shape index (κ2) is 5.46. The Bertz CT molecular complexity index is 518. The van der Waals surface area contributed by atoms with Crippen LogP contribution in [0.2, 0.25) is 0 Å². The van der Waals surface area contributed by atoms with Crippen LogP contribution < -0.4 is 10.1 Å². The summed E-state index contributed by atoms with van der Waals surface area (Å²) >= 11 is 0. The average molecular weight is 310 g/mol. The number of halogens is 1. The highest BCUT2D eigenvalue weighted by molar-refractivity contribution is 5.95. The molecule has 0 aromatic carbocycles. The number of nitrogens with zero attached hydrogens (tertiary/aromatic N) is 2. The Morgan fingerprint density at radius 2 is 1.95 bits per heavy atom. The fraction of sp³-hybridized carbons (Fsp3) is 0.600. The molecule has 0 unspecified atom stereocenters. The molecular formula is C15H20ClN3O2. The minimum Gasteiger partial charge on any atom is -0.481 e. The largest absolute Gasteiger partial charge is 0.481 e. The molecule has 1 aromatic rings. The third kappa shape index (κ3) is 2.10. The van der Waals surface area contributed by atoms with E-state index >= 15 is 0 Å². The van der Waals surface area contributed by atoms with Crippen LogP contribution in [0, 0.1) is 11.8 Å². The first-order valence-electron chi connectivity index (χ1n) is 7.33. The summed E-state index contributed by atoms with van der Waals surface area (Å²) < 4.78 is 5.05. The molecule has 2 bridgehead atoms. The summed E-state index contributed by atoms with van der Waals surface area (Å²) in [4.78, 5) is 19.1. The van der Waals surface area contributed by atoms with Crippen molar-refractivity contribution < 1.29 is 9.53 Å². The number of carbonyl (C=O) groups is 1. The number of rotatable bonds is 2.